The first-order chi connectivity index (χ1) is 13.3. The zero-order valence-electron chi connectivity index (χ0n) is 15.0. The molecule has 1 unspecified atom stereocenters. The van der Waals surface area contributed by atoms with Gasteiger partial charge in [0.2, 0.25) is 5.91 Å². The first-order valence-electron chi connectivity index (χ1n) is 9.20. The molecule has 27 heavy (non-hydrogen) atoms. The van der Waals surface area contributed by atoms with Gasteiger partial charge in [0.1, 0.15) is 5.75 Å². The van der Waals surface area contributed by atoms with Crippen molar-refractivity contribution in [1.82, 2.24) is 5.32 Å². The Bertz CT molecular complexity index is 907. The number of nitrogens with one attached hydrogen (secondary N) is 2. The van der Waals surface area contributed by atoms with Gasteiger partial charge < -0.3 is 15.4 Å². The van der Waals surface area contributed by atoms with E-state index in [-0.39, 0.29) is 18.5 Å². The lowest BCUT2D eigenvalue weighted by atomic mass is 10.0. The summed E-state index contributed by atoms with van der Waals surface area (Å²) in [6.07, 6.45) is 0.786. The highest BCUT2D eigenvalue weighted by Gasteiger charge is 2.22. The Morgan fingerprint density at radius 1 is 0.889 bits per heavy atom. The van der Waals surface area contributed by atoms with Gasteiger partial charge in [-0.15, -0.1) is 0 Å². The van der Waals surface area contributed by atoms with Crippen LogP contribution in [0.2, 0.25) is 0 Å². The Morgan fingerprint density at radius 2 is 1.59 bits per heavy atom. The van der Waals surface area contributed by atoms with E-state index in [1.165, 1.54) is 5.56 Å². The Kier molecular flexibility index (Phi) is 5.06. The first kappa shape index (κ1) is 17.2. The molecule has 0 aliphatic carbocycles. The minimum absolute atomic E-state index is 0.00436. The Morgan fingerprint density at radius 3 is 2.41 bits per heavy atom. The van der Waals surface area contributed by atoms with E-state index < -0.39 is 0 Å². The highest BCUT2D eigenvalue weighted by atomic mass is 16.5. The van der Waals surface area contributed by atoms with Crippen LogP contribution in [0.15, 0.2) is 78.9 Å². The van der Waals surface area contributed by atoms with E-state index >= 15 is 0 Å². The summed E-state index contributed by atoms with van der Waals surface area (Å²) in [6.45, 7) is 0.862. The molecule has 1 amide bonds. The van der Waals surface area contributed by atoms with Crippen molar-refractivity contribution in [3.8, 4) is 16.9 Å². The summed E-state index contributed by atoms with van der Waals surface area (Å²) in [6, 6.07) is 26.2. The average Bonchev–Trinajstić information content (AvgIpc) is 2.74. The summed E-state index contributed by atoms with van der Waals surface area (Å²) in [5.41, 5.74) is 4.31. The number of fused-ring (bicyclic) bond motifs is 1. The molecular formula is C23H22N2O2. The number of hydrogen-bond donors (Lipinski definition) is 2. The smallest absolute Gasteiger partial charge is 0.239 e. The second kappa shape index (κ2) is 7.96. The van der Waals surface area contributed by atoms with E-state index in [4.69, 9.17) is 4.74 Å². The summed E-state index contributed by atoms with van der Waals surface area (Å²) in [7, 11) is 0. The molecule has 2 N–H and O–H groups in total. The minimum Gasteiger partial charge on any atom is -0.493 e. The van der Waals surface area contributed by atoms with Crippen LogP contribution in [0.4, 0.5) is 5.69 Å². The van der Waals surface area contributed by atoms with E-state index in [1.54, 1.807) is 0 Å². The fraction of sp³-hybridized carbons (Fsp3) is 0.174. The lowest BCUT2D eigenvalue weighted by Crippen LogP contribution is -2.35. The van der Waals surface area contributed by atoms with Crippen molar-refractivity contribution in [1.29, 1.82) is 0 Å². The van der Waals surface area contributed by atoms with Crippen molar-refractivity contribution in [2.24, 2.45) is 0 Å². The van der Waals surface area contributed by atoms with E-state index in [0.29, 0.717) is 6.61 Å². The van der Waals surface area contributed by atoms with Gasteiger partial charge in [0, 0.05) is 17.7 Å². The topological polar surface area (TPSA) is 50.4 Å². The van der Waals surface area contributed by atoms with E-state index in [1.807, 2.05) is 54.6 Å². The van der Waals surface area contributed by atoms with E-state index in [2.05, 4.69) is 34.9 Å². The van der Waals surface area contributed by atoms with Gasteiger partial charge in [0.05, 0.1) is 19.2 Å². The van der Waals surface area contributed by atoms with Crippen molar-refractivity contribution < 1.29 is 9.53 Å². The lowest BCUT2D eigenvalue weighted by molar-refractivity contribution is -0.120. The van der Waals surface area contributed by atoms with Gasteiger partial charge in [-0.1, -0.05) is 60.7 Å². The minimum atomic E-state index is -0.0242. The summed E-state index contributed by atoms with van der Waals surface area (Å²) < 4.78 is 5.65. The average molecular weight is 358 g/mol. The fourth-order valence-corrected chi connectivity index (χ4v) is 3.33. The number of benzene rings is 3. The van der Waals surface area contributed by atoms with Crippen molar-refractivity contribution in [2.45, 2.75) is 12.5 Å². The van der Waals surface area contributed by atoms with Crippen LogP contribution in [-0.4, -0.2) is 19.1 Å². The maximum absolute atomic E-state index is 12.4. The zero-order valence-corrected chi connectivity index (χ0v) is 15.0. The number of para-hydroxylation sites is 1. The van der Waals surface area contributed by atoms with Crippen LogP contribution >= 0.6 is 0 Å². The van der Waals surface area contributed by atoms with Crippen LogP contribution in [-0.2, 0) is 4.79 Å². The van der Waals surface area contributed by atoms with Gasteiger partial charge >= 0.3 is 0 Å². The first-order valence-corrected chi connectivity index (χ1v) is 9.20. The van der Waals surface area contributed by atoms with Gasteiger partial charge in [-0.25, -0.2) is 0 Å². The van der Waals surface area contributed by atoms with Crippen molar-refractivity contribution >= 4 is 11.6 Å². The molecular weight excluding hydrogens is 336 g/mol. The monoisotopic (exact) mass is 358 g/mol. The Labute approximate surface area is 159 Å². The second-order valence-electron chi connectivity index (χ2n) is 6.59. The van der Waals surface area contributed by atoms with Crippen LogP contribution in [0.5, 0.6) is 5.75 Å². The molecule has 1 heterocycles. The normalized spacial score (nSPS) is 15.3. The number of carbonyl (C=O) groups excluding carboxylic acids is 1. The van der Waals surface area contributed by atoms with Gasteiger partial charge in [-0.2, -0.15) is 0 Å². The van der Waals surface area contributed by atoms with Gasteiger partial charge in [-0.05, 0) is 29.3 Å². The predicted octanol–water partition coefficient (Wildman–Crippen LogP) is 4.41. The van der Waals surface area contributed by atoms with Gasteiger partial charge in [0.15, 0.2) is 0 Å². The number of ether oxygens (including phenoxy) is 1. The highest BCUT2D eigenvalue weighted by Crippen LogP contribution is 2.31. The molecule has 0 spiro atoms. The van der Waals surface area contributed by atoms with Crippen LogP contribution in [0, 0.1) is 0 Å². The molecule has 4 heteroatoms. The molecule has 3 aromatic rings. The van der Waals surface area contributed by atoms with Gasteiger partial charge in [-0.3, -0.25) is 4.79 Å². The summed E-state index contributed by atoms with van der Waals surface area (Å²) in [5.74, 6) is 0.836. The van der Waals surface area contributed by atoms with Crippen molar-refractivity contribution in [2.75, 3.05) is 18.5 Å². The van der Waals surface area contributed by atoms with Crippen molar-refractivity contribution in [3.63, 3.8) is 0 Å². The fourth-order valence-electron chi connectivity index (χ4n) is 3.33. The number of carbonyl (C=O) groups is 1. The molecule has 1 aliphatic heterocycles. The number of rotatable bonds is 5. The van der Waals surface area contributed by atoms with Gasteiger partial charge in [0.25, 0.3) is 0 Å². The molecule has 1 aliphatic rings. The maximum atomic E-state index is 12.4. The van der Waals surface area contributed by atoms with E-state index in [9.17, 15) is 4.79 Å². The summed E-state index contributed by atoms with van der Waals surface area (Å²) >= 11 is 0. The third-order valence-corrected chi connectivity index (χ3v) is 4.74. The van der Waals surface area contributed by atoms with Crippen molar-refractivity contribution in [3.05, 3.63) is 84.4 Å². The summed E-state index contributed by atoms with van der Waals surface area (Å²) in [5, 5.41) is 6.29. The largest absolute Gasteiger partial charge is 0.493 e. The second-order valence-corrected chi connectivity index (χ2v) is 6.59. The molecule has 136 valence electrons. The van der Waals surface area contributed by atoms with Crippen LogP contribution < -0.4 is 15.4 Å². The SMILES string of the molecule is O=C(CNc1ccc(-c2ccccc2)cc1)NC1CCOc2ccccc21. The molecule has 0 radical (unpaired) electrons. The molecule has 0 aromatic heterocycles. The standard InChI is InChI=1S/C23H22N2O2/c26-23(25-21-14-15-27-22-9-5-4-8-20(21)22)16-24-19-12-10-18(11-13-19)17-6-2-1-3-7-17/h1-13,21,24H,14-16H2,(H,25,26). The number of hydrogen-bond acceptors (Lipinski definition) is 3. The lowest BCUT2D eigenvalue weighted by Gasteiger charge is -2.26. The van der Waals surface area contributed by atoms with Crippen LogP contribution in [0.3, 0.4) is 0 Å². The maximum Gasteiger partial charge on any atom is 0.239 e. The molecule has 4 rings (SSSR count). The van der Waals surface area contributed by atoms with Crippen LogP contribution in [0.25, 0.3) is 11.1 Å². The third-order valence-electron chi connectivity index (χ3n) is 4.74. The molecule has 4 nitrogen and oxygen atoms in total. The Balaban J connectivity index is 1.33. The molecule has 0 fully saturated rings. The van der Waals surface area contributed by atoms with E-state index in [0.717, 1.165) is 29.0 Å². The quantitative estimate of drug-likeness (QED) is 0.710. The molecule has 1 atom stereocenters. The summed E-state index contributed by atoms with van der Waals surface area (Å²) in [4.78, 5) is 12.4. The molecule has 3 aromatic carbocycles. The zero-order chi connectivity index (χ0) is 18.5. The third kappa shape index (κ3) is 4.11. The predicted molar refractivity (Wildman–Crippen MR) is 108 cm³/mol. The molecule has 0 bridgehead atoms. The van der Waals surface area contributed by atoms with Crippen LogP contribution in [0.1, 0.15) is 18.0 Å². The molecule has 0 saturated heterocycles. The molecule has 0 saturated carbocycles. The Hall–Kier alpha value is -3.27. The number of amides is 1. The highest BCUT2D eigenvalue weighted by molar-refractivity contribution is 5.81. The number of anilines is 1.